The molecule has 0 spiro atoms. The van der Waals surface area contributed by atoms with Gasteiger partial charge in [-0.05, 0) is 37.6 Å². The van der Waals surface area contributed by atoms with Crippen LogP contribution in [0.15, 0.2) is 83.4 Å². The highest BCUT2D eigenvalue weighted by atomic mass is 16.4. The number of aromatic nitrogens is 3. The van der Waals surface area contributed by atoms with Crippen LogP contribution < -0.4 is 5.32 Å². The molecule has 0 aliphatic carbocycles. The lowest BCUT2D eigenvalue weighted by molar-refractivity contribution is 0.597. The number of aryl methyl sites for hydroxylation is 2. The molecular formula is C24H20N4O. The van der Waals surface area contributed by atoms with Gasteiger partial charge in [0.05, 0.1) is 22.5 Å². The third-order valence-corrected chi connectivity index (χ3v) is 4.98. The van der Waals surface area contributed by atoms with Crippen LogP contribution in [0.25, 0.3) is 28.1 Å². The van der Waals surface area contributed by atoms with Crippen LogP contribution in [-0.4, -0.2) is 14.8 Å². The molecule has 0 aliphatic rings. The summed E-state index contributed by atoms with van der Waals surface area (Å²) in [7, 11) is 0. The summed E-state index contributed by atoms with van der Waals surface area (Å²) < 4.78 is 8.27. The second-order valence-electron chi connectivity index (χ2n) is 6.98. The summed E-state index contributed by atoms with van der Waals surface area (Å²) in [6, 6.07) is 24.1. The zero-order valence-corrected chi connectivity index (χ0v) is 16.3. The predicted molar refractivity (Wildman–Crippen MR) is 116 cm³/mol. The van der Waals surface area contributed by atoms with Gasteiger partial charge in [-0.1, -0.05) is 54.6 Å². The monoisotopic (exact) mass is 380 g/mol. The van der Waals surface area contributed by atoms with E-state index in [0.717, 1.165) is 45.2 Å². The minimum Gasteiger partial charge on any atom is -0.435 e. The summed E-state index contributed by atoms with van der Waals surface area (Å²) in [6.07, 6.45) is 1.79. The van der Waals surface area contributed by atoms with Crippen LogP contribution in [0.1, 0.15) is 11.3 Å². The Balaban J connectivity index is 1.77. The Morgan fingerprint density at radius 2 is 1.59 bits per heavy atom. The van der Waals surface area contributed by atoms with Crippen molar-refractivity contribution in [2.75, 3.05) is 5.32 Å². The molecule has 5 rings (SSSR count). The third-order valence-electron chi connectivity index (χ3n) is 4.98. The number of furan rings is 1. The van der Waals surface area contributed by atoms with E-state index in [1.54, 1.807) is 6.20 Å². The number of pyridine rings is 1. The maximum absolute atomic E-state index is 6.41. The molecule has 0 aliphatic heterocycles. The van der Waals surface area contributed by atoms with Gasteiger partial charge in [-0.2, -0.15) is 9.78 Å². The van der Waals surface area contributed by atoms with E-state index in [1.165, 1.54) is 0 Å². The average molecular weight is 380 g/mol. The van der Waals surface area contributed by atoms with Crippen LogP contribution in [0.2, 0.25) is 0 Å². The maximum Gasteiger partial charge on any atom is 0.232 e. The lowest BCUT2D eigenvalue weighted by Gasteiger charge is -2.09. The molecule has 2 aromatic carbocycles. The Bertz CT molecular complexity index is 1290. The van der Waals surface area contributed by atoms with E-state index in [2.05, 4.69) is 10.3 Å². The number of fused-ring (bicyclic) bond motifs is 1. The molecular weight excluding hydrogens is 360 g/mol. The van der Waals surface area contributed by atoms with Crippen molar-refractivity contribution in [3.63, 3.8) is 0 Å². The number of para-hydroxylation sites is 1. The summed E-state index contributed by atoms with van der Waals surface area (Å²) in [5, 5.41) is 9.21. The van der Waals surface area contributed by atoms with Crippen LogP contribution in [0, 0.1) is 13.8 Å². The number of anilines is 2. The number of rotatable bonds is 4. The largest absolute Gasteiger partial charge is 0.435 e. The SMILES string of the molecule is Cc1cccnc1Nc1c(-c2ccccc2)oc2c1c(C)nn2-c1ccccc1. The Kier molecular flexibility index (Phi) is 4.13. The fourth-order valence-electron chi connectivity index (χ4n) is 3.54. The van der Waals surface area contributed by atoms with Gasteiger partial charge in [-0.25, -0.2) is 4.98 Å². The Hall–Kier alpha value is -3.86. The number of nitrogens with zero attached hydrogens (tertiary/aromatic N) is 3. The molecule has 0 atom stereocenters. The van der Waals surface area contributed by atoms with Crippen molar-refractivity contribution in [3.05, 3.63) is 90.3 Å². The fourth-order valence-corrected chi connectivity index (χ4v) is 3.54. The van der Waals surface area contributed by atoms with Crippen molar-refractivity contribution >= 4 is 22.6 Å². The first kappa shape index (κ1) is 17.3. The first-order valence-corrected chi connectivity index (χ1v) is 9.54. The van der Waals surface area contributed by atoms with E-state index in [-0.39, 0.29) is 0 Å². The Labute approximate surface area is 168 Å². The standard InChI is InChI=1S/C24H20N4O/c1-16-10-9-15-25-23(16)26-21-20-17(2)27-28(19-13-7-4-8-14-19)24(20)29-22(21)18-11-5-3-6-12-18/h3-15H,1-2H3,(H,25,26). The van der Waals surface area contributed by atoms with Gasteiger partial charge in [-0.3, -0.25) is 0 Å². The molecule has 1 N–H and O–H groups in total. The lowest BCUT2D eigenvalue weighted by atomic mass is 10.1. The average Bonchev–Trinajstić information content (AvgIpc) is 3.29. The number of hydrogen-bond donors (Lipinski definition) is 1. The highest BCUT2D eigenvalue weighted by Crippen LogP contribution is 2.41. The van der Waals surface area contributed by atoms with Crippen molar-refractivity contribution in [1.29, 1.82) is 0 Å². The van der Waals surface area contributed by atoms with Crippen molar-refractivity contribution in [3.8, 4) is 17.0 Å². The maximum atomic E-state index is 6.41. The minimum absolute atomic E-state index is 0.712. The molecule has 0 radical (unpaired) electrons. The van der Waals surface area contributed by atoms with Gasteiger partial charge in [0.15, 0.2) is 5.76 Å². The van der Waals surface area contributed by atoms with E-state index >= 15 is 0 Å². The van der Waals surface area contributed by atoms with Crippen molar-refractivity contribution < 1.29 is 4.42 Å². The normalized spacial score (nSPS) is 11.1. The zero-order valence-electron chi connectivity index (χ0n) is 16.3. The van der Waals surface area contributed by atoms with Gasteiger partial charge in [0, 0.05) is 11.8 Å². The lowest BCUT2D eigenvalue weighted by Crippen LogP contribution is -1.97. The molecule has 5 nitrogen and oxygen atoms in total. The van der Waals surface area contributed by atoms with Crippen LogP contribution in [0.4, 0.5) is 11.5 Å². The van der Waals surface area contributed by atoms with Crippen LogP contribution in [0.3, 0.4) is 0 Å². The Morgan fingerprint density at radius 1 is 0.862 bits per heavy atom. The summed E-state index contributed by atoms with van der Waals surface area (Å²) in [5.74, 6) is 1.58. The van der Waals surface area contributed by atoms with Crippen LogP contribution in [-0.2, 0) is 0 Å². The molecule has 0 saturated heterocycles. The van der Waals surface area contributed by atoms with E-state index in [9.17, 15) is 0 Å². The number of hydrogen-bond acceptors (Lipinski definition) is 4. The van der Waals surface area contributed by atoms with E-state index in [4.69, 9.17) is 9.52 Å². The summed E-state index contributed by atoms with van der Waals surface area (Å²) in [5.41, 5.74) is 5.51. The first-order chi connectivity index (χ1) is 14.2. The molecule has 29 heavy (non-hydrogen) atoms. The predicted octanol–water partition coefficient (Wildman–Crippen LogP) is 6.04. The van der Waals surface area contributed by atoms with Crippen LogP contribution in [0.5, 0.6) is 0 Å². The molecule has 3 heterocycles. The summed E-state index contributed by atoms with van der Waals surface area (Å²) >= 11 is 0. The van der Waals surface area contributed by atoms with Gasteiger partial charge in [0.1, 0.15) is 5.82 Å². The molecule has 0 amide bonds. The smallest absolute Gasteiger partial charge is 0.232 e. The van der Waals surface area contributed by atoms with E-state index in [0.29, 0.717) is 5.71 Å². The molecule has 5 aromatic rings. The fraction of sp³-hybridized carbons (Fsp3) is 0.0833. The summed E-state index contributed by atoms with van der Waals surface area (Å²) in [6.45, 7) is 4.04. The number of nitrogens with one attached hydrogen (secondary N) is 1. The minimum atomic E-state index is 0.712. The van der Waals surface area contributed by atoms with Gasteiger partial charge in [0.2, 0.25) is 5.71 Å². The highest BCUT2D eigenvalue weighted by molar-refractivity contribution is 6.01. The molecule has 5 heteroatoms. The quantitative estimate of drug-likeness (QED) is 0.413. The Morgan fingerprint density at radius 3 is 2.31 bits per heavy atom. The highest BCUT2D eigenvalue weighted by Gasteiger charge is 2.24. The van der Waals surface area contributed by atoms with Gasteiger partial charge < -0.3 is 9.73 Å². The molecule has 0 unspecified atom stereocenters. The second-order valence-corrected chi connectivity index (χ2v) is 6.98. The van der Waals surface area contributed by atoms with Crippen molar-refractivity contribution in [1.82, 2.24) is 14.8 Å². The zero-order chi connectivity index (χ0) is 19.8. The second kappa shape index (κ2) is 6.95. The van der Waals surface area contributed by atoms with Gasteiger partial charge in [0.25, 0.3) is 0 Å². The first-order valence-electron chi connectivity index (χ1n) is 9.54. The van der Waals surface area contributed by atoms with Crippen LogP contribution >= 0.6 is 0 Å². The van der Waals surface area contributed by atoms with Crippen molar-refractivity contribution in [2.45, 2.75) is 13.8 Å². The van der Waals surface area contributed by atoms with Crippen molar-refractivity contribution in [2.24, 2.45) is 0 Å². The van der Waals surface area contributed by atoms with Gasteiger partial charge >= 0.3 is 0 Å². The molecule has 0 fully saturated rings. The topological polar surface area (TPSA) is 55.9 Å². The molecule has 0 saturated carbocycles. The van der Waals surface area contributed by atoms with E-state index < -0.39 is 0 Å². The number of benzene rings is 2. The van der Waals surface area contributed by atoms with E-state index in [1.807, 2.05) is 91.3 Å². The third kappa shape index (κ3) is 2.97. The molecule has 0 bridgehead atoms. The molecule has 142 valence electrons. The molecule has 3 aromatic heterocycles. The summed E-state index contributed by atoms with van der Waals surface area (Å²) in [4.78, 5) is 4.51. The van der Waals surface area contributed by atoms with Gasteiger partial charge in [-0.15, -0.1) is 0 Å².